The van der Waals surface area contributed by atoms with E-state index in [1.54, 1.807) is 0 Å². The van der Waals surface area contributed by atoms with Gasteiger partial charge in [-0.1, -0.05) is 5.16 Å². The largest absolute Gasteiger partial charge is 0.465 e. The number of aryl methyl sites for hydroxylation is 2. The summed E-state index contributed by atoms with van der Waals surface area (Å²) in [4.78, 5) is 6.33. The van der Waals surface area contributed by atoms with Crippen LogP contribution in [0, 0.1) is 13.8 Å². The van der Waals surface area contributed by atoms with Gasteiger partial charge >= 0.3 is 0 Å². The Labute approximate surface area is 100 Å². The fourth-order valence-electron chi connectivity index (χ4n) is 1.62. The molecule has 0 fully saturated rings. The second kappa shape index (κ2) is 4.71. The van der Waals surface area contributed by atoms with Crippen LogP contribution in [0.25, 0.3) is 0 Å². The molecule has 0 saturated heterocycles. The lowest BCUT2D eigenvalue weighted by molar-refractivity contribution is 0.189. The molecule has 2 heterocycles. The van der Waals surface area contributed by atoms with Gasteiger partial charge in [0, 0.05) is 0 Å². The van der Waals surface area contributed by atoms with Crippen molar-refractivity contribution in [3.05, 3.63) is 35.4 Å². The van der Waals surface area contributed by atoms with Crippen LogP contribution in [0.5, 0.6) is 0 Å². The predicted molar refractivity (Wildman–Crippen MR) is 62.4 cm³/mol. The van der Waals surface area contributed by atoms with E-state index < -0.39 is 0 Å². The number of furan rings is 1. The van der Waals surface area contributed by atoms with Gasteiger partial charge in [-0.25, -0.2) is 0 Å². The maximum atomic E-state index is 5.54. The van der Waals surface area contributed by atoms with E-state index in [1.807, 2.05) is 40.0 Å². The number of hydrogen-bond donors (Lipinski definition) is 0. The summed E-state index contributed by atoms with van der Waals surface area (Å²) >= 11 is 0. The van der Waals surface area contributed by atoms with E-state index in [1.165, 1.54) is 0 Å². The molecule has 0 aliphatic heterocycles. The highest BCUT2D eigenvalue weighted by Gasteiger charge is 2.18. The van der Waals surface area contributed by atoms with Crippen molar-refractivity contribution >= 4 is 0 Å². The van der Waals surface area contributed by atoms with Crippen molar-refractivity contribution in [2.75, 3.05) is 7.05 Å². The second-order valence-electron chi connectivity index (χ2n) is 4.28. The van der Waals surface area contributed by atoms with Crippen LogP contribution in [0.15, 0.2) is 21.1 Å². The molecule has 2 rings (SSSR count). The number of nitrogens with zero attached hydrogens (tertiary/aromatic N) is 3. The van der Waals surface area contributed by atoms with Crippen LogP contribution in [0.4, 0.5) is 0 Å². The van der Waals surface area contributed by atoms with Gasteiger partial charge in [0.15, 0.2) is 5.82 Å². The molecular weight excluding hydrogens is 218 g/mol. The van der Waals surface area contributed by atoms with Crippen LogP contribution < -0.4 is 0 Å². The van der Waals surface area contributed by atoms with Crippen molar-refractivity contribution in [2.45, 2.75) is 33.4 Å². The van der Waals surface area contributed by atoms with Crippen molar-refractivity contribution in [1.29, 1.82) is 0 Å². The molecule has 0 amide bonds. The first-order valence-corrected chi connectivity index (χ1v) is 5.62. The first kappa shape index (κ1) is 11.9. The van der Waals surface area contributed by atoms with Gasteiger partial charge < -0.3 is 8.94 Å². The normalized spacial score (nSPS) is 13.2. The molecule has 0 unspecified atom stereocenters. The third-order valence-corrected chi connectivity index (χ3v) is 2.76. The molecular formula is C12H17N3O2. The highest BCUT2D eigenvalue weighted by molar-refractivity contribution is 5.05. The van der Waals surface area contributed by atoms with Crippen LogP contribution >= 0.6 is 0 Å². The fourth-order valence-corrected chi connectivity index (χ4v) is 1.62. The molecule has 0 aliphatic carbocycles. The molecule has 17 heavy (non-hydrogen) atoms. The lowest BCUT2D eigenvalue weighted by Crippen LogP contribution is -2.21. The van der Waals surface area contributed by atoms with Crippen LogP contribution in [0.3, 0.4) is 0 Å². The summed E-state index contributed by atoms with van der Waals surface area (Å²) in [6, 6.07) is 4.02. The minimum Gasteiger partial charge on any atom is -0.465 e. The van der Waals surface area contributed by atoms with Gasteiger partial charge in [-0.05, 0) is 40.0 Å². The molecule has 0 N–H and O–H groups in total. The monoisotopic (exact) mass is 235 g/mol. The van der Waals surface area contributed by atoms with Crippen molar-refractivity contribution in [3.63, 3.8) is 0 Å². The van der Waals surface area contributed by atoms with Gasteiger partial charge in [0.1, 0.15) is 11.5 Å². The maximum Gasteiger partial charge on any atom is 0.243 e. The van der Waals surface area contributed by atoms with E-state index in [4.69, 9.17) is 8.94 Å². The molecule has 2 aromatic rings. The highest BCUT2D eigenvalue weighted by Crippen LogP contribution is 2.19. The van der Waals surface area contributed by atoms with Crippen molar-refractivity contribution in [2.24, 2.45) is 0 Å². The summed E-state index contributed by atoms with van der Waals surface area (Å²) in [6.45, 7) is 6.50. The van der Waals surface area contributed by atoms with Crippen LogP contribution in [0.1, 0.15) is 36.2 Å². The molecule has 0 aliphatic rings. The Hall–Kier alpha value is -1.62. The molecule has 0 bridgehead atoms. The summed E-state index contributed by atoms with van der Waals surface area (Å²) < 4.78 is 10.7. The lowest BCUT2D eigenvalue weighted by Gasteiger charge is -2.20. The second-order valence-corrected chi connectivity index (χ2v) is 4.28. The van der Waals surface area contributed by atoms with E-state index >= 15 is 0 Å². The van der Waals surface area contributed by atoms with Gasteiger partial charge in [0.05, 0.1) is 12.6 Å². The summed E-state index contributed by atoms with van der Waals surface area (Å²) in [5.41, 5.74) is 0. The van der Waals surface area contributed by atoms with Gasteiger partial charge in [-0.3, -0.25) is 4.90 Å². The quantitative estimate of drug-likeness (QED) is 0.814. The molecule has 2 aromatic heterocycles. The Balaban J connectivity index is 2.02. The van der Waals surface area contributed by atoms with Gasteiger partial charge in [-0.15, -0.1) is 0 Å². The summed E-state index contributed by atoms with van der Waals surface area (Å²) in [5, 5.41) is 3.80. The molecule has 5 heteroatoms. The Kier molecular flexibility index (Phi) is 3.28. The average molecular weight is 235 g/mol. The van der Waals surface area contributed by atoms with Crippen molar-refractivity contribution < 1.29 is 8.94 Å². The molecule has 5 nitrogen and oxygen atoms in total. The van der Waals surface area contributed by atoms with Crippen molar-refractivity contribution in [1.82, 2.24) is 15.0 Å². The average Bonchev–Trinajstić information content (AvgIpc) is 2.87. The van der Waals surface area contributed by atoms with E-state index in [9.17, 15) is 0 Å². The fraction of sp³-hybridized carbons (Fsp3) is 0.500. The molecule has 0 spiro atoms. The van der Waals surface area contributed by atoms with E-state index in [0.29, 0.717) is 11.7 Å². The van der Waals surface area contributed by atoms with Gasteiger partial charge in [0.2, 0.25) is 5.89 Å². The van der Waals surface area contributed by atoms with Gasteiger partial charge in [-0.2, -0.15) is 4.98 Å². The molecule has 0 radical (unpaired) electrons. The zero-order valence-corrected chi connectivity index (χ0v) is 10.6. The van der Waals surface area contributed by atoms with E-state index in [0.717, 1.165) is 18.1 Å². The van der Waals surface area contributed by atoms with E-state index in [-0.39, 0.29) is 6.04 Å². The van der Waals surface area contributed by atoms with Crippen molar-refractivity contribution in [3.8, 4) is 0 Å². The molecule has 0 aromatic carbocycles. The summed E-state index contributed by atoms with van der Waals surface area (Å²) in [6.07, 6.45) is 0. The first-order chi connectivity index (χ1) is 8.06. The first-order valence-electron chi connectivity index (χ1n) is 5.62. The van der Waals surface area contributed by atoms with Gasteiger partial charge in [0.25, 0.3) is 0 Å². The molecule has 1 atom stereocenters. The third-order valence-electron chi connectivity index (χ3n) is 2.76. The zero-order chi connectivity index (χ0) is 12.4. The Morgan fingerprint density at radius 3 is 2.65 bits per heavy atom. The minimum atomic E-state index is 0.0709. The molecule has 0 saturated carbocycles. The summed E-state index contributed by atoms with van der Waals surface area (Å²) in [7, 11) is 2.00. The molecule has 92 valence electrons. The minimum absolute atomic E-state index is 0.0709. The zero-order valence-electron chi connectivity index (χ0n) is 10.6. The Morgan fingerprint density at radius 1 is 1.35 bits per heavy atom. The lowest BCUT2D eigenvalue weighted by atomic mass is 10.3. The number of aromatic nitrogens is 2. The van der Waals surface area contributed by atoms with Crippen LogP contribution in [-0.4, -0.2) is 22.1 Å². The predicted octanol–water partition coefficient (Wildman–Crippen LogP) is 2.47. The SMILES string of the molecule is Cc1noc([C@@H](C)N(C)Cc2ccc(C)o2)n1. The smallest absolute Gasteiger partial charge is 0.243 e. The standard InChI is InChI=1S/C12H17N3O2/c1-8-5-6-11(16-8)7-15(4)9(2)12-13-10(3)14-17-12/h5-6,9H,7H2,1-4H3/t9-/m1/s1. The third kappa shape index (κ3) is 2.74. The summed E-state index contributed by atoms with van der Waals surface area (Å²) in [5.74, 6) is 3.16. The topological polar surface area (TPSA) is 55.3 Å². The highest BCUT2D eigenvalue weighted by atomic mass is 16.5. The maximum absolute atomic E-state index is 5.54. The number of hydrogen-bond acceptors (Lipinski definition) is 5. The van der Waals surface area contributed by atoms with E-state index in [2.05, 4.69) is 15.0 Å². The Bertz CT molecular complexity index is 489. The van der Waals surface area contributed by atoms with Crippen LogP contribution in [0.2, 0.25) is 0 Å². The Morgan fingerprint density at radius 2 is 2.12 bits per heavy atom. The number of rotatable bonds is 4. The van der Waals surface area contributed by atoms with Crippen LogP contribution in [-0.2, 0) is 6.54 Å².